The van der Waals surface area contributed by atoms with Crippen LogP contribution in [0.15, 0.2) is 96.7 Å². The van der Waals surface area contributed by atoms with E-state index in [1.807, 2.05) is 66.7 Å². The van der Waals surface area contributed by atoms with Crippen LogP contribution in [-0.2, 0) is 5.75 Å². The van der Waals surface area contributed by atoms with Gasteiger partial charge in [-0.1, -0.05) is 72.9 Å². The van der Waals surface area contributed by atoms with Crippen molar-refractivity contribution in [2.75, 3.05) is 11.9 Å². The number of nitrogens with zero attached hydrogens (tertiary/aromatic N) is 3. The summed E-state index contributed by atoms with van der Waals surface area (Å²) in [5, 5.41) is 12.9. The summed E-state index contributed by atoms with van der Waals surface area (Å²) >= 11 is 1.53. The number of anilines is 1. The molecule has 1 aliphatic rings. The van der Waals surface area contributed by atoms with Crippen LogP contribution < -0.4 is 14.8 Å². The van der Waals surface area contributed by atoms with Crippen molar-refractivity contribution in [3.63, 3.8) is 0 Å². The number of para-hydroxylation sites is 1. The first-order valence-electron chi connectivity index (χ1n) is 10.6. The molecular weight excluding hydrogens is 432 g/mol. The predicted octanol–water partition coefficient (Wildman–Crippen LogP) is 5.90. The smallest absolute Gasteiger partial charge is 0.247 e. The van der Waals surface area contributed by atoms with Gasteiger partial charge in [-0.15, -0.1) is 10.2 Å². The van der Waals surface area contributed by atoms with Gasteiger partial charge in [0, 0.05) is 22.6 Å². The Bertz CT molecular complexity index is 1250. The Morgan fingerprint density at radius 3 is 2.58 bits per heavy atom. The number of fused-ring (bicyclic) bond motifs is 3. The van der Waals surface area contributed by atoms with Gasteiger partial charge < -0.3 is 14.8 Å². The van der Waals surface area contributed by atoms with E-state index in [0.717, 1.165) is 28.3 Å². The Morgan fingerprint density at radius 2 is 1.76 bits per heavy atom. The SMILES string of the molecule is C=CCOc1ccc(C2Nc3ccccc3-c3nnc(SCc4ccccc4)nc3O2)cc1. The van der Waals surface area contributed by atoms with Crippen LogP contribution in [0.5, 0.6) is 11.6 Å². The zero-order valence-corrected chi connectivity index (χ0v) is 18.7. The Balaban J connectivity index is 1.44. The molecule has 1 aliphatic heterocycles. The molecule has 7 heteroatoms. The largest absolute Gasteiger partial charge is 0.490 e. The fourth-order valence-corrected chi connectivity index (χ4v) is 4.21. The Hall–Kier alpha value is -3.84. The number of ether oxygens (including phenoxy) is 2. The van der Waals surface area contributed by atoms with E-state index in [0.29, 0.717) is 23.3 Å². The maximum Gasteiger partial charge on any atom is 0.247 e. The van der Waals surface area contributed by atoms with Crippen LogP contribution in [-0.4, -0.2) is 21.8 Å². The highest BCUT2D eigenvalue weighted by Crippen LogP contribution is 2.39. The number of thioether (sulfide) groups is 1. The van der Waals surface area contributed by atoms with Crippen LogP contribution in [0.25, 0.3) is 11.3 Å². The van der Waals surface area contributed by atoms with E-state index in [2.05, 4.69) is 34.2 Å². The van der Waals surface area contributed by atoms with Gasteiger partial charge in [-0.3, -0.25) is 0 Å². The molecule has 0 radical (unpaired) electrons. The number of hydrogen-bond acceptors (Lipinski definition) is 7. The summed E-state index contributed by atoms with van der Waals surface area (Å²) in [6, 6.07) is 25.9. The van der Waals surface area contributed by atoms with Crippen LogP contribution in [0.2, 0.25) is 0 Å². The van der Waals surface area contributed by atoms with Gasteiger partial charge in [0.25, 0.3) is 0 Å². The topological polar surface area (TPSA) is 69.2 Å². The maximum absolute atomic E-state index is 6.34. The molecule has 1 unspecified atom stereocenters. The lowest BCUT2D eigenvalue weighted by Crippen LogP contribution is -2.17. The summed E-state index contributed by atoms with van der Waals surface area (Å²) in [4.78, 5) is 4.71. The monoisotopic (exact) mass is 454 g/mol. The maximum atomic E-state index is 6.34. The number of rotatable bonds is 7. The number of nitrogens with one attached hydrogen (secondary N) is 1. The third-order valence-corrected chi connectivity index (χ3v) is 6.00. The van der Waals surface area contributed by atoms with Crippen LogP contribution in [0.1, 0.15) is 17.4 Å². The van der Waals surface area contributed by atoms with E-state index in [1.54, 1.807) is 6.08 Å². The summed E-state index contributed by atoms with van der Waals surface area (Å²) in [7, 11) is 0. The fraction of sp³-hybridized carbons (Fsp3) is 0.115. The summed E-state index contributed by atoms with van der Waals surface area (Å²) in [5.41, 5.74) is 4.58. The molecule has 5 rings (SSSR count). The van der Waals surface area contributed by atoms with Gasteiger partial charge in [-0.2, -0.15) is 4.98 Å². The summed E-state index contributed by atoms with van der Waals surface area (Å²) < 4.78 is 11.9. The Kier molecular flexibility index (Phi) is 6.21. The van der Waals surface area contributed by atoms with Gasteiger partial charge in [0.15, 0.2) is 11.9 Å². The second-order valence-corrected chi connectivity index (χ2v) is 8.32. The molecule has 164 valence electrons. The van der Waals surface area contributed by atoms with Crippen molar-refractivity contribution in [2.45, 2.75) is 17.1 Å². The van der Waals surface area contributed by atoms with Gasteiger partial charge in [-0.25, -0.2) is 0 Å². The zero-order valence-electron chi connectivity index (χ0n) is 17.8. The molecule has 6 nitrogen and oxygen atoms in total. The van der Waals surface area contributed by atoms with Gasteiger partial charge in [-0.05, 0) is 35.9 Å². The lowest BCUT2D eigenvalue weighted by molar-refractivity contribution is 0.225. The molecule has 1 aromatic heterocycles. The van der Waals surface area contributed by atoms with E-state index < -0.39 is 6.23 Å². The molecule has 0 aliphatic carbocycles. The van der Waals surface area contributed by atoms with Gasteiger partial charge in [0.2, 0.25) is 11.0 Å². The fourth-order valence-electron chi connectivity index (χ4n) is 3.48. The number of benzene rings is 3. The third kappa shape index (κ3) is 4.83. The Labute approximate surface area is 196 Å². The van der Waals surface area contributed by atoms with E-state index in [9.17, 15) is 0 Å². The van der Waals surface area contributed by atoms with Gasteiger partial charge in [0.05, 0.1) is 0 Å². The van der Waals surface area contributed by atoms with Gasteiger partial charge in [0.1, 0.15) is 12.4 Å². The van der Waals surface area contributed by atoms with Crippen molar-refractivity contribution in [1.29, 1.82) is 0 Å². The first kappa shape index (κ1) is 21.0. The average molecular weight is 455 g/mol. The Morgan fingerprint density at radius 1 is 0.970 bits per heavy atom. The molecule has 0 saturated heterocycles. The standard InChI is InChI=1S/C26H22N4O2S/c1-2-16-31-20-14-12-19(13-15-20)24-27-22-11-7-6-10-21(22)23-25(32-24)28-26(30-29-23)33-17-18-8-4-3-5-9-18/h2-15,24,27H,1,16-17H2. The van der Waals surface area contributed by atoms with Gasteiger partial charge >= 0.3 is 0 Å². The molecule has 0 bridgehead atoms. The van der Waals surface area contributed by atoms with E-state index in [-0.39, 0.29) is 0 Å². The normalized spacial score (nSPS) is 14.1. The molecule has 0 spiro atoms. The number of aromatic nitrogens is 3. The average Bonchev–Trinajstić information content (AvgIpc) is 3.04. The molecule has 1 atom stereocenters. The molecule has 3 aromatic carbocycles. The quantitative estimate of drug-likeness (QED) is 0.275. The molecule has 2 heterocycles. The van der Waals surface area contributed by atoms with Crippen molar-refractivity contribution in [2.24, 2.45) is 0 Å². The van der Waals surface area contributed by atoms with Crippen LogP contribution in [0, 0.1) is 0 Å². The predicted molar refractivity (Wildman–Crippen MR) is 130 cm³/mol. The second kappa shape index (κ2) is 9.75. The first-order valence-corrected chi connectivity index (χ1v) is 11.6. The molecule has 33 heavy (non-hydrogen) atoms. The van der Waals surface area contributed by atoms with E-state index in [1.165, 1.54) is 17.3 Å². The summed E-state index contributed by atoms with van der Waals surface area (Å²) in [6.07, 6.45) is 1.28. The first-order chi connectivity index (χ1) is 16.3. The number of hydrogen-bond donors (Lipinski definition) is 1. The van der Waals surface area contributed by atoms with Crippen LogP contribution in [0.4, 0.5) is 5.69 Å². The lowest BCUT2D eigenvalue weighted by Gasteiger charge is -2.19. The van der Waals surface area contributed by atoms with Crippen LogP contribution in [0.3, 0.4) is 0 Å². The molecule has 0 saturated carbocycles. The van der Waals surface area contributed by atoms with Crippen molar-refractivity contribution in [3.8, 4) is 22.9 Å². The zero-order chi connectivity index (χ0) is 22.5. The molecule has 0 amide bonds. The highest BCUT2D eigenvalue weighted by Gasteiger charge is 2.26. The summed E-state index contributed by atoms with van der Waals surface area (Å²) in [5.74, 6) is 1.98. The van der Waals surface area contributed by atoms with E-state index >= 15 is 0 Å². The second-order valence-electron chi connectivity index (χ2n) is 7.38. The van der Waals surface area contributed by atoms with E-state index in [4.69, 9.17) is 14.5 Å². The molecular formula is C26H22N4O2S. The van der Waals surface area contributed by atoms with Crippen LogP contribution >= 0.6 is 11.8 Å². The minimum atomic E-state index is -0.440. The molecule has 0 fully saturated rings. The van der Waals surface area contributed by atoms with Crippen molar-refractivity contribution < 1.29 is 9.47 Å². The highest BCUT2D eigenvalue weighted by atomic mass is 32.2. The van der Waals surface area contributed by atoms with Crippen molar-refractivity contribution in [1.82, 2.24) is 15.2 Å². The molecule has 4 aromatic rings. The van der Waals surface area contributed by atoms with Crippen molar-refractivity contribution >= 4 is 17.4 Å². The highest BCUT2D eigenvalue weighted by molar-refractivity contribution is 7.98. The minimum absolute atomic E-state index is 0.440. The minimum Gasteiger partial charge on any atom is -0.490 e. The summed E-state index contributed by atoms with van der Waals surface area (Å²) in [6.45, 7) is 4.15. The third-order valence-electron chi connectivity index (χ3n) is 5.10. The lowest BCUT2D eigenvalue weighted by atomic mass is 10.1. The molecule has 1 N–H and O–H groups in total. The van der Waals surface area contributed by atoms with Crippen molar-refractivity contribution in [3.05, 3.63) is 103 Å².